The highest BCUT2D eigenvalue weighted by Gasteiger charge is 2.37. The third-order valence-electron chi connectivity index (χ3n) is 5.05. The zero-order valence-electron chi connectivity index (χ0n) is 14.5. The molecule has 0 heterocycles. The molecule has 0 amide bonds. The fraction of sp³-hybridized carbons (Fsp3) is 1.00. The molecule has 0 radical (unpaired) electrons. The standard InChI is InChI=1S/C18H36N2/c1-15-7-6-10-18(11-15,13-19-17(2,3)4)14-20(5)12-16-8-9-16/h15-16,19H,6-14H2,1-5H3. The molecular weight excluding hydrogens is 244 g/mol. The highest BCUT2D eigenvalue weighted by Crippen LogP contribution is 2.40. The third kappa shape index (κ3) is 5.37. The van der Waals surface area contributed by atoms with Gasteiger partial charge >= 0.3 is 0 Å². The number of nitrogens with zero attached hydrogens (tertiary/aromatic N) is 1. The Balaban J connectivity index is 1.94. The minimum absolute atomic E-state index is 0.239. The number of hydrogen-bond donors (Lipinski definition) is 1. The lowest BCUT2D eigenvalue weighted by Gasteiger charge is -2.44. The minimum atomic E-state index is 0.239. The molecule has 2 aliphatic rings. The van der Waals surface area contributed by atoms with Crippen LogP contribution in [0.2, 0.25) is 0 Å². The van der Waals surface area contributed by atoms with E-state index in [2.05, 4.69) is 45.0 Å². The minimum Gasteiger partial charge on any atom is -0.311 e. The second kappa shape index (κ2) is 6.36. The second-order valence-corrected chi connectivity index (χ2v) is 8.95. The van der Waals surface area contributed by atoms with Gasteiger partial charge in [0, 0.05) is 25.2 Å². The molecule has 2 atom stereocenters. The maximum atomic E-state index is 3.80. The van der Waals surface area contributed by atoms with Crippen molar-refractivity contribution in [3.63, 3.8) is 0 Å². The molecule has 2 nitrogen and oxygen atoms in total. The van der Waals surface area contributed by atoms with Crippen LogP contribution in [0.25, 0.3) is 0 Å². The molecule has 2 heteroatoms. The monoisotopic (exact) mass is 280 g/mol. The van der Waals surface area contributed by atoms with Crippen molar-refractivity contribution in [1.82, 2.24) is 10.2 Å². The van der Waals surface area contributed by atoms with Crippen LogP contribution in [0.1, 0.15) is 66.2 Å². The first-order valence-corrected chi connectivity index (χ1v) is 8.72. The second-order valence-electron chi connectivity index (χ2n) is 8.95. The summed E-state index contributed by atoms with van der Waals surface area (Å²) in [4.78, 5) is 2.63. The number of rotatable bonds is 6. The summed E-state index contributed by atoms with van der Waals surface area (Å²) in [7, 11) is 2.34. The summed E-state index contributed by atoms with van der Waals surface area (Å²) in [6.07, 6.45) is 8.61. The van der Waals surface area contributed by atoms with E-state index in [9.17, 15) is 0 Å². The Hall–Kier alpha value is -0.0800. The molecular formula is C18H36N2. The van der Waals surface area contributed by atoms with Crippen molar-refractivity contribution in [2.75, 3.05) is 26.7 Å². The van der Waals surface area contributed by atoms with E-state index in [0.29, 0.717) is 5.41 Å². The Labute approximate surface area is 126 Å². The van der Waals surface area contributed by atoms with Gasteiger partial charge in [0.05, 0.1) is 0 Å². The SMILES string of the molecule is CC1CCCC(CNC(C)(C)C)(CN(C)CC2CC2)C1. The average Bonchev–Trinajstić information content (AvgIpc) is 3.09. The van der Waals surface area contributed by atoms with Crippen LogP contribution in [0.3, 0.4) is 0 Å². The van der Waals surface area contributed by atoms with E-state index in [1.54, 1.807) is 0 Å². The first-order chi connectivity index (χ1) is 9.28. The molecule has 2 saturated carbocycles. The van der Waals surface area contributed by atoms with E-state index in [0.717, 1.165) is 11.8 Å². The molecule has 0 aliphatic heterocycles. The van der Waals surface area contributed by atoms with Gasteiger partial charge in [-0.05, 0) is 70.8 Å². The average molecular weight is 281 g/mol. The van der Waals surface area contributed by atoms with Crippen molar-refractivity contribution in [2.45, 2.75) is 71.8 Å². The summed E-state index contributed by atoms with van der Waals surface area (Å²) in [5.74, 6) is 1.91. The Bertz CT molecular complexity index is 303. The Morgan fingerprint density at radius 2 is 1.90 bits per heavy atom. The topological polar surface area (TPSA) is 15.3 Å². The first kappa shape index (κ1) is 16.3. The van der Waals surface area contributed by atoms with Crippen molar-refractivity contribution in [3.05, 3.63) is 0 Å². The molecule has 0 aromatic heterocycles. The lowest BCUT2D eigenvalue weighted by Crippen LogP contribution is -2.50. The van der Waals surface area contributed by atoms with Crippen LogP contribution in [-0.2, 0) is 0 Å². The maximum absolute atomic E-state index is 3.80. The Morgan fingerprint density at radius 3 is 2.45 bits per heavy atom. The van der Waals surface area contributed by atoms with Crippen molar-refractivity contribution in [2.24, 2.45) is 17.3 Å². The number of nitrogens with one attached hydrogen (secondary N) is 1. The Kier molecular flexibility index (Phi) is 5.18. The normalized spacial score (nSPS) is 31.8. The van der Waals surface area contributed by atoms with E-state index in [1.807, 2.05) is 0 Å². The molecule has 2 rings (SSSR count). The van der Waals surface area contributed by atoms with Crippen LogP contribution in [0.5, 0.6) is 0 Å². The lowest BCUT2D eigenvalue weighted by atomic mass is 9.69. The van der Waals surface area contributed by atoms with Gasteiger partial charge in [-0.25, -0.2) is 0 Å². The summed E-state index contributed by atoms with van der Waals surface area (Å²) < 4.78 is 0. The van der Waals surface area contributed by atoms with Gasteiger partial charge in [-0.1, -0.05) is 19.8 Å². The highest BCUT2D eigenvalue weighted by atomic mass is 15.1. The largest absolute Gasteiger partial charge is 0.311 e. The predicted octanol–water partition coefficient (Wildman–Crippen LogP) is 3.91. The van der Waals surface area contributed by atoms with Crippen LogP contribution in [0, 0.1) is 17.3 Å². The zero-order valence-corrected chi connectivity index (χ0v) is 14.5. The molecule has 0 aromatic carbocycles. The number of hydrogen-bond acceptors (Lipinski definition) is 2. The van der Waals surface area contributed by atoms with E-state index >= 15 is 0 Å². The van der Waals surface area contributed by atoms with Crippen LogP contribution in [-0.4, -0.2) is 37.1 Å². The van der Waals surface area contributed by atoms with E-state index in [-0.39, 0.29) is 5.54 Å². The van der Waals surface area contributed by atoms with E-state index in [1.165, 1.54) is 58.2 Å². The zero-order chi connectivity index (χ0) is 14.8. The Morgan fingerprint density at radius 1 is 1.20 bits per heavy atom. The lowest BCUT2D eigenvalue weighted by molar-refractivity contribution is 0.0829. The van der Waals surface area contributed by atoms with Crippen molar-refractivity contribution in [3.8, 4) is 0 Å². The van der Waals surface area contributed by atoms with E-state index < -0.39 is 0 Å². The van der Waals surface area contributed by atoms with Crippen LogP contribution in [0.4, 0.5) is 0 Å². The highest BCUT2D eigenvalue weighted by molar-refractivity contribution is 4.92. The van der Waals surface area contributed by atoms with Gasteiger partial charge in [0.15, 0.2) is 0 Å². The molecule has 0 saturated heterocycles. The molecule has 2 aliphatic carbocycles. The molecule has 0 spiro atoms. The summed E-state index contributed by atoms with van der Waals surface area (Å²) in [5, 5.41) is 3.80. The van der Waals surface area contributed by atoms with E-state index in [4.69, 9.17) is 0 Å². The van der Waals surface area contributed by atoms with Gasteiger partial charge in [-0.3, -0.25) is 0 Å². The maximum Gasteiger partial charge on any atom is 0.00967 e. The fourth-order valence-corrected chi connectivity index (χ4v) is 3.96. The van der Waals surface area contributed by atoms with Crippen molar-refractivity contribution >= 4 is 0 Å². The van der Waals surface area contributed by atoms with Crippen LogP contribution in [0.15, 0.2) is 0 Å². The summed E-state index contributed by atoms with van der Waals surface area (Å²) in [5.41, 5.74) is 0.747. The molecule has 2 unspecified atom stereocenters. The molecule has 0 bridgehead atoms. The summed E-state index contributed by atoms with van der Waals surface area (Å²) in [6.45, 7) is 13.1. The summed E-state index contributed by atoms with van der Waals surface area (Å²) >= 11 is 0. The van der Waals surface area contributed by atoms with Gasteiger partial charge in [0.2, 0.25) is 0 Å². The molecule has 2 fully saturated rings. The quantitative estimate of drug-likeness (QED) is 0.793. The van der Waals surface area contributed by atoms with Gasteiger partial charge in [0.1, 0.15) is 0 Å². The molecule has 1 N–H and O–H groups in total. The first-order valence-electron chi connectivity index (χ1n) is 8.72. The van der Waals surface area contributed by atoms with Gasteiger partial charge in [-0.15, -0.1) is 0 Å². The van der Waals surface area contributed by atoms with Crippen LogP contribution >= 0.6 is 0 Å². The van der Waals surface area contributed by atoms with Gasteiger partial charge in [0.25, 0.3) is 0 Å². The van der Waals surface area contributed by atoms with Gasteiger partial charge < -0.3 is 10.2 Å². The van der Waals surface area contributed by atoms with Crippen molar-refractivity contribution < 1.29 is 0 Å². The summed E-state index contributed by atoms with van der Waals surface area (Å²) in [6, 6.07) is 0. The van der Waals surface area contributed by atoms with Gasteiger partial charge in [-0.2, -0.15) is 0 Å². The predicted molar refractivity (Wildman–Crippen MR) is 88.0 cm³/mol. The molecule has 0 aromatic rings. The fourth-order valence-electron chi connectivity index (χ4n) is 3.96. The smallest absolute Gasteiger partial charge is 0.00967 e. The van der Waals surface area contributed by atoms with Crippen LogP contribution < -0.4 is 5.32 Å². The molecule has 118 valence electrons. The van der Waals surface area contributed by atoms with Crippen molar-refractivity contribution in [1.29, 1.82) is 0 Å². The molecule has 20 heavy (non-hydrogen) atoms. The third-order valence-corrected chi connectivity index (χ3v) is 5.05.